The molecule has 0 aromatic heterocycles. The first kappa shape index (κ1) is 12.0. The number of likely N-dealkylation sites (tertiary alicyclic amines) is 1. The van der Waals surface area contributed by atoms with E-state index in [4.69, 9.17) is 5.11 Å². The van der Waals surface area contributed by atoms with Gasteiger partial charge in [-0.05, 0) is 25.2 Å². The quantitative estimate of drug-likeness (QED) is 0.770. The molecule has 0 saturated carbocycles. The van der Waals surface area contributed by atoms with E-state index in [1.807, 2.05) is 11.8 Å². The lowest BCUT2D eigenvalue weighted by Gasteiger charge is -2.32. The second kappa shape index (κ2) is 5.73. The Morgan fingerprint density at radius 2 is 2.20 bits per heavy atom. The maximum Gasteiger partial charge on any atom is 0.303 e. The summed E-state index contributed by atoms with van der Waals surface area (Å²) in [5, 5.41) is 8.58. The molecule has 4 heteroatoms. The van der Waals surface area contributed by atoms with E-state index >= 15 is 0 Å². The molecule has 1 rings (SSSR count). The predicted molar refractivity (Wildman–Crippen MR) is 56.5 cm³/mol. The molecule has 1 N–H and O–H groups in total. The van der Waals surface area contributed by atoms with Gasteiger partial charge in [0.1, 0.15) is 0 Å². The Morgan fingerprint density at radius 3 is 2.80 bits per heavy atom. The summed E-state index contributed by atoms with van der Waals surface area (Å²) in [4.78, 5) is 23.8. The summed E-state index contributed by atoms with van der Waals surface area (Å²) in [6, 6.07) is 0. The number of aliphatic carboxylic acids is 1. The fourth-order valence-corrected chi connectivity index (χ4v) is 2.08. The fraction of sp³-hybridized carbons (Fsp3) is 0.818. The van der Waals surface area contributed by atoms with Gasteiger partial charge in [-0.1, -0.05) is 6.92 Å². The topological polar surface area (TPSA) is 57.6 Å². The van der Waals surface area contributed by atoms with Gasteiger partial charge in [0.2, 0.25) is 5.91 Å². The number of amides is 1. The van der Waals surface area contributed by atoms with Crippen LogP contribution < -0.4 is 0 Å². The highest BCUT2D eigenvalue weighted by Crippen LogP contribution is 2.21. The van der Waals surface area contributed by atoms with Gasteiger partial charge in [0.05, 0.1) is 0 Å². The normalized spacial score (nSPS) is 21.4. The van der Waals surface area contributed by atoms with Gasteiger partial charge >= 0.3 is 5.97 Å². The van der Waals surface area contributed by atoms with Crippen molar-refractivity contribution in [2.45, 2.75) is 39.0 Å². The summed E-state index contributed by atoms with van der Waals surface area (Å²) in [5.74, 6) is -0.172. The summed E-state index contributed by atoms with van der Waals surface area (Å²) < 4.78 is 0. The minimum Gasteiger partial charge on any atom is -0.481 e. The van der Waals surface area contributed by atoms with Crippen molar-refractivity contribution in [3.8, 4) is 0 Å². The van der Waals surface area contributed by atoms with Crippen molar-refractivity contribution in [1.29, 1.82) is 0 Å². The van der Waals surface area contributed by atoms with Gasteiger partial charge in [-0.3, -0.25) is 9.59 Å². The number of carbonyl (C=O) groups excluding carboxylic acids is 1. The third kappa shape index (κ3) is 3.90. The van der Waals surface area contributed by atoms with Crippen molar-refractivity contribution in [2.24, 2.45) is 5.92 Å². The Hall–Kier alpha value is -1.06. The molecule has 1 saturated heterocycles. The van der Waals surface area contributed by atoms with Crippen LogP contribution in [-0.4, -0.2) is 35.0 Å². The summed E-state index contributed by atoms with van der Waals surface area (Å²) >= 11 is 0. The zero-order valence-electron chi connectivity index (χ0n) is 9.24. The van der Waals surface area contributed by atoms with E-state index in [2.05, 4.69) is 0 Å². The highest BCUT2D eigenvalue weighted by Gasteiger charge is 2.22. The van der Waals surface area contributed by atoms with Crippen LogP contribution in [0.25, 0.3) is 0 Å². The smallest absolute Gasteiger partial charge is 0.303 e. The van der Waals surface area contributed by atoms with Gasteiger partial charge < -0.3 is 10.0 Å². The largest absolute Gasteiger partial charge is 0.481 e. The van der Waals surface area contributed by atoms with Crippen molar-refractivity contribution in [3.63, 3.8) is 0 Å². The van der Waals surface area contributed by atoms with Crippen molar-refractivity contribution >= 4 is 11.9 Å². The molecule has 86 valence electrons. The van der Waals surface area contributed by atoms with Crippen LogP contribution in [0.15, 0.2) is 0 Å². The number of nitrogens with zero attached hydrogens (tertiary/aromatic N) is 1. The molecule has 15 heavy (non-hydrogen) atoms. The van der Waals surface area contributed by atoms with Crippen molar-refractivity contribution in [1.82, 2.24) is 4.90 Å². The monoisotopic (exact) mass is 213 g/mol. The van der Waals surface area contributed by atoms with Gasteiger partial charge in [-0.15, -0.1) is 0 Å². The number of hydrogen-bond acceptors (Lipinski definition) is 2. The average molecular weight is 213 g/mol. The van der Waals surface area contributed by atoms with E-state index in [0.29, 0.717) is 18.8 Å². The summed E-state index contributed by atoms with van der Waals surface area (Å²) in [6.45, 7) is 3.46. The fourth-order valence-electron chi connectivity index (χ4n) is 2.08. The zero-order chi connectivity index (χ0) is 11.3. The Morgan fingerprint density at radius 1 is 1.47 bits per heavy atom. The molecule has 0 aromatic rings. The maximum atomic E-state index is 11.5. The number of piperidine rings is 1. The van der Waals surface area contributed by atoms with E-state index in [-0.39, 0.29) is 12.3 Å². The third-order valence-electron chi connectivity index (χ3n) is 2.94. The Balaban J connectivity index is 2.35. The highest BCUT2D eigenvalue weighted by molar-refractivity contribution is 5.75. The summed E-state index contributed by atoms with van der Waals surface area (Å²) in [5.41, 5.74) is 0. The maximum absolute atomic E-state index is 11.5. The number of carbonyl (C=O) groups is 2. The Bertz CT molecular complexity index is 240. The van der Waals surface area contributed by atoms with Gasteiger partial charge in [-0.2, -0.15) is 0 Å². The number of hydrogen-bond donors (Lipinski definition) is 1. The van der Waals surface area contributed by atoms with E-state index in [1.165, 1.54) is 0 Å². The van der Waals surface area contributed by atoms with Gasteiger partial charge in [0, 0.05) is 25.9 Å². The first-order valence-corrected chi connectivity index (χ1v) is 5.63. The lowest BCUT2D eigenvalue weighted by Crippen LogP contribution is -2.39. The second-order valence-corrected chi connectivity index (χ2v) is 4.13. The molecule has 0 bridgehead atoms. The van der Waals surface area contributed by atoms with Gasteiger partial charge in [0.25, 0.3) is 0 Å². The van der Waals surface area contributed by atoms with Gasteiger partial charge in [-0.25, -0.2) is 0 Å². The molecule has 1 aliphatic heterocycles. The SMILES string of the molecule is CCC(=O)N1CCCC(CCC(=O)O)C1. The van der Waals surface area contributed by atoms with Crippen LogP contribution in [0.1, 0.15) is 39.0 Å². The van der Waals surface area contributed by atoms with Crippen LogP contribution in [-0.2, 0) is 9.59 Å². The Kier molecular flexibility index (Phi) is 4.59. The van der Waals surface area contributed by atoms with Gasteiger partial charge in [0.15, 0.2) is 0 Å². The average Bonchev–Trinajstić information content (AvgIpc) is 2.25. The van der Waals surface area contributed by atoms with Crippen LogP contribution >= 0.6 is 0 Å². The zero-order valence-corrected chi connectivity index (χ0v) is 9.24. The van der Waals surface area contributed by atoms with Crippen LogP contribution in [0.2, 0.25) is 0 Å². The van der Waals surface area contributed by atoms with Crippen LogP contribution in [0.4, 0.5) is 0 Å². The van der Waals surface area contributed by atoms with Crippen molar-refractivity contribution in [3.05, 3.63) is 0 Å². The highest BCUT2D eigenvalue weighted by atomic mass is 16.4. The summed E-state index contributed by atoms with van der Waals surface area (Å²) in [6.07, 6.45) is 3.53. The van der Waals surface area contributed by atoms with E-state index in [9.17, 15) is 9.59 Å². The molecule has 1 fully saturated rings. The second-order valence-electron chi connectivity index (χ2n) is 4.13. The first-order chi connectivity index (χ1) is 7.13. The van der Waals surface area contributed by atoms with Crippen molar-refractivity contribution in [2.75, 3.05) is 13.1 Å². The molecule has 0 aliphatic carbocycles. The summed E-state index contributed by atoms with van der Waals surface area (Å²) in [7, 11) is 0. The third-order valence-corrected chi connectivity index (χ3v) is 2.94. The first-order valence-electron chi connectivity index (χ1n) is 5.63. The molecular formula is C11H19NO3. The van der Waals surface area contributed by atoms with E-state index < -0.39 is 5.97 Å². The number of carboxylic acid groups (broad SMARTS) is 1. The van der Waals surface area contributed by atoms with Crippen LogP contribution in [0.3, 0.4) is 0 Å². The molecule has 1 heterocycles. The minimum absolute atomic E-state index is 0.190. The molecule has 1 unspecified atom stereocenters. The molecule has 4 nitrogen and oxygen atoms in total. The molecule has 0 radical (unpaired) electrons. The lowest BCUT2D eigenvalue weighted by molar-refractivity contribution is -0.137. The standard InChI is InChI=1S/C11H19NO3/c1-2-10(13)12-7-3-4-9(8-12)5-6-11(14)15/h9H,2-8H2,1H3,(H,14,15). The predicted octanol–water partition coefficient (Wildman–Crippen LogP) is 1.50. The number of rotatable bonds is 4. The molecule has 0 aromatic carbocycles. The molecule has 1 atom stereocenters. The molecule has 1 aliphatic rings. The number of carboxylic acids is 1. The minimum atomic E-state index is -0.742. The Labute approximate surface area is 90.3 Å². The lowest BCUT2D eigenvalue weighted by atomic mass is 9.93. The van der Waals surface area contributed by atoms with E-state index in [0.717, 1.165) is 25.9 Å². The molecular weight excluding hydrogens is 194 g/mol. The van der Waals surface area contributed by atoms with Crippen molar-refractivity contribution < 1.29 is 14.7 Å². The van der Waals surface area contributed by atoms with Crippen LogP contribution in [0, 0.1) is 5.92 Å². The van der Waals surface area contributed by atoms with E-state index in [1.54, 1.807) is 0 Å². The molecule has 0 spiro atoms. The molecule has 1 amide bonds. The van der Waals surface area contributed by atoms with Crippen LogP contribution in [0.5, 0.6) is 0 Å².